The zero-order valence-corrected chi connectivity index (χ0v) is 14.1. The Morgan fingerprint density at radius 2 is 2.05 bits per heavy atom. The Balaban J connectivity index is 2.87. The maximum atomic E-state index is 12.2. The Kier molecular flexibility index (Phi) is 5.16. The van der Waals surface area contributed by atoms with Crippen molar-refractivity contribution in [3.63, 3.8) is 0 Å². The number of ether oxygens (including phenoxy) is 1. The predicted molar refractivity (Wildman–Crippen MR) is 78.3 cm³/mol. The normalized spacial score (nSPS) is 14.0. The van der Waals surface area contributed by atoms with E-state index in [-0.39, 0.29) is 5.03 Å². The number of aryl methyl sites for hydroxylation is 2. The summed E-state index contributed by atoms with van der Waals surface area (Å²) in [7, 11) is -3.85. The van der Waals surface area contributed by atoms with E-state index in [1.54, 1.807) is 32.3 Å². The molecule has 120 valence electrons. The molecule has 0 aliphatic carbocycles. The molecule has 0 amide bonds. The third-order valence-electron chi connectivity index (χ3n) is 2.66. The Bertz CT molecular complexity index is 614. The minimum absolute atomic E-state index is 0.0998. The lowest BCUT2D eigenvalue weighted by Gasteiger charge is -2.22. The summed E-state index contributed by atoms with van der Waals surface area (Å²) in [6.07, 6.45) is 1.44. The molecule has 1 aromatic rings. The van der Waals surface area contributed by atoms with Crippen molar-refractivity contribution < 1.29 is 17.9 Å². The van der Waals surface area contributed by atoms with Gasteiger partial charge in [-0.05, 0) is 41.5 Å². The molecule has 0 saturated carbocycles. The van der Waals surface area contributed by atoms with Crippen LogP contribution in [-0.2, 0) is 26.1 Å². The van der Waals surface area contributed by atoms with E-state index in [4.69, 9.17) is 4.74 Å². The van der Waals surface area contributed by atoms with Gasteiger partial charge < -0.3 is 9.30 Å². The van der Waals surface area contributed by atoms with Crippen LogP contribution in [0.1, 0.15) is 40.4 Å². The van der Waals surface area contributed by atoms with E-state index in [0.29, 0.717) is 12.4 Å². The first kappa shape index (κ1) is 17.6. The highest BCUT2D eigenvalue weighted by Gasteiger charge is 2.28. The van der Waals surface area contributed by atoms with Crippen LogP contribution in [0.2, 0.25) is 0 Å². The van der Waals surface area contributed by atoms with Gasteiger partial charge >= 0.3 is 5.97 Å². The van der Waals surface area contributed by atoms with Gasteiger partial charge in [0.05, 0.1) is 0 Å². The summed E-state index contributed by atoms with van der Waals surface area (Å²) in [5.41, 5.74) is -0.669. The predicted octanol–water partition coefficient (Wildman–Crippen LogP) is 1.22. The fourth-order valence-electron chi connectivity index (χ4n) is 1.66. The van der Waals surface area contributed by atoms with Crippen LogP contribution in [-0.4, -0.2) is 35.6 Å². The van der Waals surface area contributed by atoms with E-state index in [2.05, 4.69) is 9.71 Å². The van der Waals surface area contributed by atoms with Crippen LogP contribution in [0.25, 0.3) is 0 Å². The monoisotopic (exact) mass is 317 g/mol. The number of carbonyl (C=O) groups excluding carboxylic acids is 1. The molecule has 1 heterocycles. The van der Waals surface area contributed by atoms with E-state index in [1.807, 2.05) is 6.92 Å². The molecule has 8 heteroatoms. The lowest BCUT2D eigenvalue weighted by Crippen LogP contribution is -2.42. The average molecular weight is 317 g/mol. The second-order valence-corrected chi connectivity index (χ2v) is 7.45. The first-order valence-corrected chi connectivity index (χ1v) is 8.23. The van der Waals surface area contributed by atoms with Crippen LogP contribution in [0.3, 0.4) is 0 Å². The third-order valence-corrected chi connectivity index (χ3v) is 4.07. The third kappa shape index (κ3) is 4.82. The zero-order valence-electron chi connectivity index (χ0n) is 13.3. The first-order chi connectivity index (χ1) is 9.46. The molecule has 1 atom stereocenters. The minimum atomic E-state index is -3.85. The topological polar surface area (TPSA) is 90.3 Å². The Hall–Kier alpha value is -1.41. The number of nitrogens with zero attached hydrogens (tertiary/aromatic N) is 2. The van der Waals surface area contributed by atoms with Crippen LogP contribution in [0.5, 0.6) is 0 Å². The minimum Gasteiger partial charge on any atom is -0.459 e. The number of hydrogen-bond donors (Lipinski definition) is 1. The number of esters is 1. The number of nitrogens with one attached hydrogen (secondary N) is 1. The van der Waals surface area contributed by atoms with Crippen LogP contribution >= 0.6 is 0 Å². The van der Waals surface area contributed by atoms with Gasteiger partial charge in [-0.2, -0.15) is 4.72 Å². The molecule has 0 radical (unpaired) electrons. The number of aromatic nitrogens is 2. The van der Waals surface area contributed by atoms with Gasteiger partial charge in [-0.15, -0.1) is 0 Å². The molecule has 1 rings (SSSR count). The highest BCUT2D eigenvalue weighted by molar-refractivity contribution is 7.89. The largest absolute Gasteiger partial charge is 0.459 e. The SMILES string of the molecule is CCn1cc(S(=O)(=O)N[C@@H](C)C(=O)OC(C)(C)C)nc1C. The molecule has 0 aromatic carbocycles. The fraction of sp³-hybridized carbons (Fsp3) is 0.692. The van der Waals surface area contributed by atoms with Gasteiger partial charge in [0, 0.05) is 12.7 Å². The molecule has 1 N–H and O–H groups in total. The van der Waals surface area contributed by atoms with E-state index >= 15 is 0 Å². The second-order valence-electron chi connectivity index (χ2n) is 5.79. The maximum absolute atomic E-state index is 12.2. The van der Waals surface area contributed by atoms with Gasteiger partial charge in [0.1, 0.15) is 17.5 Å². The average Bonchev–Trinajstić information content (AvgIpc) is 2.68. The molecule has 0 fully saturated rings. The summed E-state index contributed by atoms with van der Waals surface area (Å²) in [4.78, 5) is 15.8. The summed E-state index contributed by atoms with van der Waals surface area (Å²) in [6, 6.07) is -0.985. The standard InChI is InChI=1S/C13H23N3O4S/c1-7-16-8-11(14-10(16)3)21(18,19)15-9(2)12(17)20-13(4,5)6/h8-9,15H,7H2,1-6H3/t9-/m0/s1. The molecular formula is C13H23N3O4S. The number of sulfonamides is 1. The number of rotatable bonds is 5. The van der Waals surface area contributed by atoms with Crippen LogP contribution < -0.4 is 4.72 Å². The van der Waals surface area contributed by atoms with Gasteiger partial charge in [0.2, 0.25) is 0 Å². The number of imidazole rings is 1. The zero-order chi connectivity index (χ0) is 16.4. The van der Waals surface area contributed by atoms with Gasteiger partial charge in [-0.25, -0.2) is 13.4 Å². The number of hydrogen-bond acceptors (Lipinski definition) is 5. The van der Waals surface area contributed by atoms with E-state index in [9.17, 15) is 13.2 Å². The van der Waals surface area contributed by atoms with Crippen molar-refractivity contribution >= 4 is 16.0 Å². The first-order valence-electron chi connectivity index (χ1n) is 6.75. The molecule has 21 heavy (non-hydrogen) atoms. The van der Waals surface area contributed by atoms with Crippen molar-refractivity contribution in [3.8, 4) is 0 Å². The fourth-order valence-corrected chi connectivity index (χ4v) is 2.86. The number of carbonyl (C=O) groups is 1. The van der Waals surface area contributed by atoms with Crippen molar-refractivity contribution in [1.82, 2.24) is 14.3 Å². The van der Waals surface area contributed by atoms with Crippen LogP contribution in [0.4, 0.5) is 0 Å². The highest BCUT2D eigenvalue weighted by Crippen LogP contribution is 2.12. The summed E-state index contributed by atoms with van der Waals surface area (Å²) >= 11 is 0. The second kappa shape index (κ2) is 6.15. The Labute approximate surface area is 125 Å². The highest BCUT2D eigenvalue weighted by atomic mass is 32.2. The molecule has 0 bridgehead atoms. The van der Waals surface area contributed by atoms with Crippen molar-refractivity contribution in [1.29, 1.82) is 0 Å². The van der Waals surface area contributed by atoms with Crippen LogP contribution in [0, 0.1) is 6.92 Å². The molecule has 0 aliphatic heterocycles. The maximum Gasteiger partial charge on any atom is 0.324 e. The van der Waals surface area contributed by atoms with Crippen molar-refractivity contribution in [3.05, 3.63) is 12.0 Å². The molecule has 0 spiro atoms. The summed E-state index contributed by atoms with van der Waals surface area (Å²) in [6.45, 7) is 10.8. The van der Waals surface area contributed by atoms with E-state index in [1.165, 1.54) is 13.1 Å². The molecule has 1 aromatic heterocycles. The van der Waals surface area contributed by atoms with Gasteiger partial charge in [0.15, 0.2) is 5.03 Å². The molecule has 0 saturated heterocycles. The van der Waals surface area contributed by atoms with Crippen LogP contribution in [0.15, 0.2) is 11.2 Å². The molecule has 7 nitrogen and oxygen atoms in total. The summed E-state index contributed by atoms with van der Waals surface area (Å²) < 4.78 is 33.5. The smallest absolute Gasteiger partial charge is 0.324 e. The van der Waals surface area contributed by atoms with Crippen molar-refractivity contribution in [2.24, 2.45) is 0 Å². The molecule has 0 unspecified atom stereocenters. The quantitative estimate of drug-likeness (QED) is 0.825. The van der Waals surface area contributed by atoms with Crippen molar-refractivity contribution in [2.45, 2.75) is 64.8 Å². The molecular weight excluding hydrogens is 294 g/mol. The Morgan fingerprint density at radius 3 is 2.48 bits per heavy atom. The van der Waals surface area contributed by atoms with Gasteiger partial charge in [-0.1, -0.05) is 0 Å². The van der Waals surface area contributed by atoms with Crippen molar-refractivity contribution in [2.75, 3.05) is 0 Å². The summed E-state index contributed by atoms with van der Waals surface area (Å²) in [5, 5.41) is -0.0998. The van der Waals surface area contributed by atoms with Gasteiger partial charge in [-0.3, -0.25) is 4.79 Å². The van der Waals surface area contributed by atoms with E-state index < -0.39 is 27.6 Å². The lowest BCUT2D eigenvalue weighted by atomic mass is 10.2. The summed E-state index contributed by atoms with van der Waals surface area (Å²) in [5.74, 6) is -0.0273. The van der Waals surface area contributed by atoms with Gasteiger partial charge in [0.25, 0.3) is 10.0 Å². The Morgan fingerprint density at radius 1 is 1.48 bits per heavy atom. The molecule has 0 aliphatic rings. The lowest BCUT2D eigenvalue weighted by molar-refractivity contribution is -0.156. The van der Waals surface area contributed by atoms with E-state index in [0.717, 1.165) is 0 Å².